The van der Waals surface area contributed by atoms with Gasteiger partial charge in [0.15, 0.2) is 0 Å². The van der Waals surface area contributed by atoms with E-state index in [4.69, 9.17) is 4.74 Å². The molecule has 0 bridgehead atoms. The molecular formula is C15H18BrNO2. The number of nitrogens with one attached hydrogen (secondary N) is 1. The van der Waals surface area contributed by atoms with E-state index in [-0.39, 0.29) is 16.8 Å². The molecule has 2 heterocycles. The second kappa shape index (κ2) is 5.25. The summed E-state index contributed by atoms with van der Waals surface area (Å²) in [7, 11) is 0. The Balaban J connectivity index is 1.80. The molecule has 2 aliphatic heterocycles. The lowest BCUT2D eigenvalue weighted by molar-refractivity contribution is -0.116. The molecule has 1 aromatic carbocycles. The van der Waals surface area contributed by atoms with E-state index in [0.29, 0.717) is 12.5 Å². The number of hydrogen-bond donors (Lipinski definition) is 1. The Kier molecular flexibility index (Phi) is 3.63. The van der Waals surface area contributed by atoms with Crippen molar-refractivity contribution in [3.8, 4) is 0 Å². The van der Waals surface area contributed by atoms with E-state index in [0.717, 1.165) is 24.9 Å². The number of benzene rings is 1. The van der Waals surface area contributed by atoms with Gasteiger partial charge in [0.2, 0.25) is 5.91 Å². The van der Waals surface area contributed by atoms with E-state index in [1.54, 1.807) is 0 Å². The average Bonchev–Trinajstić information content (AvgIpc) is 2.84. The van der Waals surface area contributed by atoms with Gasteiger partial charge in [0.1, 0.15) is 0 Å². The molecule has 0 aliphatic carbocycles. The fourth-order valence-corrected chi connectivity index (χ4v) is 3.51. The maximum atomic E-state index is 11.3. The summed E-state index contributed by atoms with van der Waals surface area (Å²) in [5.41, 5.74) is 3.43. The zero-order chi connectivity index (χ0) is 13.4. The average molecular weight is 324 g/mol. The van der Waals surface area contributed by atoms with Gasteiger partial charge in [0, 0.05) is 12.1 Å². The van der Waals surface area contributed by atoms with Gasteiger partial charge in [0.05, 0.1) is 17.0 Å². The molecular weight excluding hydrogens is 306 g/mol. The van der Waals surface area contributed by atoms with Gasteiger partial charge < -0.3 is 10.1 Å². The molecule has 0 aromatic heterocycles. The van der Waals surface area contributed by atoms with Gasteiger partial charge in [-0.05, 0) is 43.4 Å². The first-order valence-corrected chi connectivity index (χ1v) is 7.77. The van der Waals surface area contributed by atoms with E-state index < -0.39 is 0 Å². The van der Waals surface area contributed by atoms with Gasteiger partial charge in [-0.15, -0.1) is 0 Å². The van der Waals surface area contributed by atoms with Crippen LogP contribution < -0.4 is 5.32 Å². The first-order chi connectivity index (χ1) is 9.13. The summed E-state index contributed by atoms with van der Waals surface area (Å²) in [6, 6.07) is 6.28. The molecule has 1 N–H and O–H groups in total. The summed E-state index contributed by atoms with van der Waals surface area (Å²) in [6.45, 7) is 2.13. The van der Waals surface area contributed by atoms with Crippen LogP contribution in [0.1, 0.15) is 42.1 Å². The second-order valence-electron chi connectivity index (χ2n) is 5.43. The quantitative estimate of drug-likeness (QED) is 0.845. The number of anilines is 1. The number of amides is 1. The number of halogens is 1. The third-order valence-electron chi connectivity index (χ3n) is 3.93. The number of alkyl halides is 1. The van der Waals surface area contributed by atoms with E-state index >= 15 is 0 Å². The molecule has 1 aromatic rings. The standard InChI is InChI=1S/C15H18BrNO2/c1-9-2-6-13(19-9)15(16)11-3-5-12-10(8-11)4-7-14(18)17-12/h3,5,8-9,13,15H,2,4,6-7H2,1H3,(H,17,18). The van der Waals surface area contributed by atoms with Crippen LogP contribution in [0, 0.1) is 0 Å². The highest BCUT2D eigenvalue weighted by molar-refractivity contribution is 9.09. The lowest BCUT2D eigenvalue weighted by Crippen LogP contribution is -2.20. The molecule has 2 aliphatic rings. The molecule has 3 atom stereocenters. The molecule has 0 spiro atoms. The predicted octanol–water partition coefficient (Wildman–Crippen LogP) is 3.57. The normalized spacial score (nSPS) is 27.8. The van der Waals surface area contributed by atoms with Crippen molar-refractivity contribution in [3.63, 3.8) is 0 Å². The van der Waals surface area contributed by atoms with Gasteiger partial charge in [-0.1, -0.05) is 28.1 Å². The van der Waals surface area contributed by atoms with Crippen molar-refractivity contribution in [2.75, 3.05) is 5.32 Å². The highest BCUT2D eigenvalue weighted by Gasteiger charge is 2.29. The Morgan fingerprint density at radius 1 is 1.37 bits per heavy atom. The molecule has 3 rings (SSSR count). The highest BCUT2D eigenvalue weighted by Crippen LogP contribution is 2.37. The molecule has 3 nitrogen and oxygen atoms in total. The van der Waals surface area contributed by atoms with Crippen molar-refractivity contribution in [1.29, 1.82) is 0 Å². The number of rotatable bonds is 2. The van der Waals surface area contributed by atoms with Crippen LogP contribution in [0.2, 0.25) is 0 Å². The van der Waals surface area contributed by atoms with Crippen molar-refractivity contribution in [2.24, 2.45) is 0 Å². The van der Waals surface area contributed by atoms with Crippen LogP contribution in [0.4, 0.5) is 5.69 Å². The lowest BCUT2D eigenvalue weighted by atomic mass is 9.97. The topological polar surface area (TPSA) is 38.3 Å². The first-order valence-electron chi connectivity index (χ1n) is 6.85. The van der Waals surface area contributed by atoms with Crippen molar-refractivity contribution in [1.82, 2.24) is 0 Å². The molecule has 102 valence electrons. The summed E-state index contributed by atoms with van der Waals surface area (Å²) in [5, 5.41) is 2.92. The summed E-state index contributed by atoms with van der Waals surface area (Å²) in [4.78, 5) is 11.6. The van der Waals surface area contributed by atoms with Crippen LogP contribution in [-0.2, 0) is 16.0 Å². The van der Waals surface area contributed by atoms with Crippen LogP contribution in [-0.4, -0.2) is 18.1 Å². The van der Waals surface area contributed by atoms with Crippen molar-refractivity contribution in [3.05, 3.63) is 29.3 Å². The number of ether oxygens (including phenoxy) is 1. The largest absolute Gasteiger partial charge is 0.374 e. The van der Waals surface area contributed by atoms with Crippen molar-refractivity contribution in [2.45, 2.75) is 49.6 Å². The summed E-state index contributed by atoms with van der Waals surface area (Å²) >= 11 is 3.77. The summed E-state index contributed by atoms with van der Waals surface area (Å²) in [6.07, 6.45) is 4.27. The SMILES string of the molecule is CC1CCC(C(Br)c2ccc3c(c2)CCC(=O)N3)O1. The van der Waals surface area contributed by atoms with E-state index in [2.05, 4.69) is 40.3 Å². The summed E-state index contributed by atoms with van der Waals surface area (Å²) < 4.78 is 5.92. The molecule has 1 fully saturated rings. The minimum atomic E-state index is 0.114. The molecule has 4 heteroatoms. The third kappa shape index (κ3) is 2.70. The van der Waals surface area contributed by atoms with Crippen LogP contribution in [0.3, 0.4) is 0 Å². The predicted molar refractivity (Wildman–Crippen MR) is 78.6 cm³/mol. The van der Waals surface area contributed by atoms with Gasteiger partial charge in [-0.2, -0.15) is 0 Å². The number of hydrogen-bond acceptors (Lipinski definition) is 2. The maximum absolute atomic E-state index is 11.3. The molecule has 0 saturated carbocycles. The minimum Gasteiger partial charge on any atom is -0.374 e. The number of fused-ring (bicyclic) bond motifs is 1. The van der Waals surface area contributed by atoms with E-state index in [1.165, 1.54) is 11.1 Å². The fraction of sp³-hybridized carbons (Fsp3) is 0.533. The Morgan fingerprint density at radius 3 is 2.95 bits per heavy atom. The number of carbonyl (C=O) groups excluding carboxylic acids is 1. The Labute approximate surface area is 121 Å². The zero-order valence-electron chi connectivity index (χ0n) is 11.0. The Bertz CT molecular complexity index is 503. The van der Waals surface area contributed by atoms with Crippen LogP contribution >= 0.6 is 15.9 Å². The fourth-order valence-electron chi connectivity index (χ4n) is 2.84. The van der Waals surface area contributed by atoms with Gasteiger partial charge >= 0.3 is 0 Å². The maximum Gasteiger partial charge on any atom is 0.224 e. The molecule has 0 radical (unpaired) electrons. The minimum absolute atomic E-state index is 0.114. The monoisotopic (exact) mass is 323 g/mol. The van der Waals surface area contributed by atoms with E-state index in [1.807, 2.05) is 6.07 Å². The van der Waals surface area contributed by atoms with E-state index in [9.17, 15) is 4.79 Å². The Hall–Kier alpha value is -0.870. The molecule has 1 saturated heterocycles. The first kappa shape index (κ1) is 13.1. The Morgan fingerprint density at radius 2 is 2.21 bits per heavy atom. The van der Waals surface area contributed by atoms with Crippen molar-refractivity contribution < 1.29 is 9.53 Å². The number of carbonyl (C=O) groups is 1. The molecule has 1 amide bonds. The van der Waals surface area contributed by atoms with Crippen LogP contribution in [0.25, 0.3) is 0 Å². The summed E-state index contributed by atoms with van der Waals surface area (Å²) in [5.74, 6) is 0.114. The van der Waals surface area contributed by atoms with Crippen molar-refractivity contribution >= 4 is 27.5 Å². The third-order valence-corrected chi connectivity index (χ3v) is 5.05. The molecule has 19 heavy (non-hydrogen) atoms. The smallest absolute Gasteiger partial charge is 0.224 e. The van der Waals surface area contributed by atoms with Gasteiger partial charge in [-0.3, -0.25) is 4.79 Å². The lowest BCUT2D eigenvalue weighted by Gasteiger charge is -2.22. The van der Waals surface area contributed by atoms with Gasteiger partial charge in [0.25, 0.3) is 0 Å². The van der Waals surface area contributed by atoms with Gasteiger partial charge in [-0.25, -0.2) is 0 Å². The van der Waals surface area contributed by atoms with Crippen LogP contribution in [0.5, 0.6) is 0 Å². The van der Waals surface area contributed by atoms with Crippen LogP contribution in [0.15, 0.2) is 18.2 Å². The second-order valence-corrected chi connectivity index (χ2v) is 6.42. The molecule has 3 unspecified atom stereocenters. The number of aryl methyl sites for hydroxylation is 1. The highest BCUT2D eigenvalue weighted by atomic mass is 79.9. The zero-order valence-corrected chi connectivity index (χ0v) is 12.6.